The first-order valence-electron chi connectivity index (χ1n) is 42.0. The number of phenolic OH excluding ortho intramolecular Hbond substituents is 1. The summed E-state index contributed by atoms with van der Waals surface area (Å²) in [5.74, 6) is -12.9. The number of rotatable bonds is 20. The Balaban J connectivity index is 1.06. The SMILES string of the molecule is CCCC[C@H]1C(=O)N(C)[C@@H](CCCC)C(=O)N[C@@H](CC(C)C)C(=O)NCCC(=O)N[C@@H](Cc2ccc(O)cc2)C(=O)N(C)[C@@H](C)C(=O)N[C@@H](CC(N)=O)C(=O)N2CCC[C@H]2C(=O)N[C@@H](Cc2c[nH]cn2)C(=O)N[C@@H](CC(C)C)C(=O)N2C[C@H](O)C[C@H]2C(=O)N[C@@H](Cc2c[nH]c3ccccc23)C(=O)NCC(=O)N[C@@H](Cc2c[nH]c3ccccc23)C(=O)N1C. The summed E-state index contributed by atoms with van der Waals surface area (Å²) in [7, 11) is 4.15. The standard InChI is InChI=1S/C86H119N19O17/c1-11-13-24-68-79(115)96-61(34-48(3)4)76(112)89-32-31-73(109)94-65(36-51-27-29-55(106)30-28-51)82(118)101(8)50(7)75(111)99-67(41-72(87)108)84(120)104-33-19-26-69(104)80(116)98-63(39-54-44-88-47-93-54)78(114)100-64(35-49(5)6)85(121)105-46-56(107)40-71(105)81(117)97-62(37-52-42-90-59-22-17-15-20-57(52)59)77(113)92-45-74(110)95-66(38-53-43-91-60-23-18-16-21-58(53)60)83(119)103(10)70(25-14-12-2)86(122)102(68)9/h15-18,20-23,27-30,42-44,47-50,56,61-71,90-91,106-107H,11-14,19,24-26,31-41,45-46H2,1-10H3,(H2,87,108)(H,88,93)(H,89,112)(H,92,113)(H,94,109)(H,95,110)(H,96,115)(H,97,117)(H,98,116)(H,99,111)(H,100,114)/t50-,56+,61-,62-,63-,64-,65-,66-,67-,68-,69-,70-,71-/m0/s1. The van der Waals surface area contributed by atoms with Crippen LogP contribution in [0.25, 0.3) is 21.8 Å². The number of amides is 15. The molecule has 3 saturated heterocycles. The number of nitrogens with zero attached hydrogens (tertiary/aromatic N) is 6. The van der Waals surface area contributed by atoms with Crippen LogP contribution >= 0.6 is 0 Å². The number of nitrogens with one attached hydrogen (secondary N) is 12. The number of primary amides is 1. The molecule has 122 heavy (non-hydrogen) atoms. The van der Waals surface area contributed by atoms with Crippen molar-refractivity contribution in [3.8, 4) is 5.75 Å². The van der Waals surface area contributed by atoms with Gasteiger partial charge in [0.25, 0.3) is 0 Å². The van der Waals surface area contributed by atoms with Gasteiger partial charge >= 0.3 is 0 Å². The zero-order valence-electron chi connectivity index (χ0n) is 71.0. The van der Waals surface area contributed by atoms with Gasteiger partial charge in [0.1, 0.15) is 78.3 Å². The van der Waals surface area contributed by atoms with Gasteiger partial charge < -0.3 is 103 Å². The van der Waals surface area contributed by atoms with Crippen LogP contribution in [0.15, 0.2) is 97.7 Å². The molecular weight excluding hydrogens is 1570 g/mol. The number of para-hydroxylation sites is 2. The molecule has 9 rings (SSSR count). The lowest BCUT2D eigenvalue weighted by molar-refractivity contribution is -0.149. The molecule has 0 saturated carbocycles. The topological polar surface area (TPSA) is 507 Å². The van der Waals surface area contributed by atoms with Gasteiger partial charge in [-0.25, -0.2) is 4.98 Å². The summed E-state index contributed by atoms with van der Waals surface area (Å²) >= 11 is 0. The van der Waals surface area contributed by atoms with E-state index >= 15 is 19.2 Å². The summed E-state index contributed by atoms with van der Waals surface area (Å²) in [6.07, 6.45) is 5.20. The van der Waals surface area contributed by atoms with Crippen LogP contribution in [0.2, 0.25) is 0 Å². The third-order valence-electron chi connectivity index (χ3n) is 22.7. The summed E-state index contributed by atoms with van der Waals surface area (Å²) in [5, 5.41) is 47.7. The Morgan fingerprint density at radius 1 is 0.525 bits per heavy atom. The number of carbonyl (C=O) groups excluding carboxylic acids is 15. The fourth-order valence-electron chi connectivity index (χ4n) is 15.9. The van der Waals surface area contributed by atoms with E-state index in [1.165, 1.54) is 74.7 Å². The van der Waals surface area contributed by atoms with E-state index in [0.717, 1.165) is 25.6 Å². The Morgan fingerprint density at radius 2 is 1.05 bits per heavy atom. The van der Waals surface area contributed by atoms with Crippen molar-refractivity contribution in [3.63, 3.8) is 0 Å². The lowest BCUT2D eigenvalue weighted by atomic mass is 9.99. The van der Waals surface area contributed by atoms with Crippen LogP contribution in [-0.4, -0.2) is 269 Å². The number of imidazole rings is 1. The maximum Gasteiger partial charge on any atom is 0.246 e. The molecule has 3 aromatic heterocycles. The number of aromatic amines is 3. The number of aromatic nitrogens is 4. The molecule has 3 aliphatic heterocycles. The fraction of sp³-hybridized carbons (Fsp3) is 0.535. The number of H-pyrrole nitrogens is 3. The summed E-state index contributed by atoms with van der Waals surface area (Å²) in [6, 6.07) is 3.43. The minimum Gasteiger partial charge on any atom is -0.508 e. The first-order chi connectivity index (χ1) is 58.1. The Labute approximate surface area is 708 Å². The molecule has 3 fully saturated rings. The van der Waals surface area contributed by atoms with Gasteiger partial charge in [-0.05, 0) is 98.2 Å². The predicted octanol–water partition coefficient (Wildman–Crippen LogP) is 1.18. The number of unbranched alkanes of at least 4 members (excludes halogenated alkanes) is 2. The van der Waals surface area contributed by atoms with Gasteiger partial charge in [-0.2, -0.15) is 0 Å². The fourth-order valence-corrected chi connectivity index (χ4v) is 15.9. The molecule has 0 radical (unpaired) electrons. The Bertz CT molecular complexity index is 4700. The van der Waals surface area contributed by atoms with Crippen molar-refractivity contribution in [2.45, 2.75) is 236 Å². The van der Waals surface area contributed by atoms with Gasteiger partial charge in [0.05, 0.1) is 31.1 Å². The molecule has 0 bridgehead atoms. The van der Waals surface area contributed by atoms with Crippen molar-refractivity contribution >= 4 is 110 Å². The normalized spacial score (nSPS) is 24.9. The van der Waals surface area contributed by atoms with Crippen molar-refractivity contribution in [3.05, 3.63) is 120 Å². The summed E-state index contributed by atoms with van der Waals surface area (Å²) in [4.78, 5) is 240. The number of hydrogen-bond donors (Lipinski definition) is 15. The highest BCUT2D eigenvalue weighted by Gasteiger charge is 2.46. The number of phenols is 1. The number of nitrogens with two attached hydrogens (primary N) is 1. The average molecular weight is 1690 g/mol. The van der Waals surface area contributed by atoms with Crippen molar-refractivity contribution in [1.29, 1.82) is 0 Å². The van der Waals surface area contributed by atoms with Gasteiger partial charge in [-0.3, -0.25) is 71.9 Å². The van der Waals surface area contributed by atoms with Gasteiger partial charge in [0, 0.05) is 120 Å². The molecule has 3 aliphatic rings. The van der Waals surface area contributed by atoms with E-state index in [1.807, 2.05) is 58.0 Å². The zero-order chi connectivity index (χ0) is 88.8. The monoisotopic (exact) mass is 1690 g/mol. The molecule has 16 N–H and O–H groups in total. The number of fused-ring (bicyclic) bond motifs is 4. The van der Waals surface area contributed by atoms with Gasteiger partial charge in [-0.15, -0.1) is 0 Å². The first-order valence-corrected chi connectivity index (χ1v) is 42.0. The maximum atomic E-state index is 15.5. The molecule has 660 valence electrons. The van der Waals surface area contributed by atoms with Crippen molar-refractivity contribution in [2.24, 2.45) is 17.6 Å². The van der Waals surface area contributed by atoms with Crippen molar-refractivity contribution in [2.75, 3.05) is 47.3 Å². The number of aromatic hydroxyl groups is 1. The van der Waals surface area contributed by atoms with Crippen molar-refractivity contribution in [1.82, 2.24) is 92.3 Å². The number of hydrogen-bond acceptors (Lipinski definition) is 18. The minimum absolute atomic E-state index is 0.0281. The Hall–Kier alpha value is -12.2. The molecule has 3 aromatic carbocycles. The van der Waals surface area contributed by atoms with Crippen LogP contribution < -0.4 is 53.6 Å². The van der Waals surface area contributed by atoms with Crippen molar-refractivity contribution < 1.29 is 82.1 Å². The second kappa shape index (κ2) is 43.8. The highest BCUT2D eigenvalue weighted by molar-refractivity contribution is 6.02. The molecule has 6 aromatic rings. The highest BCUT2D eigenvalue weighted by Crippen LogP contribution is 2.28. The zero-order valence-corrected chi connectivity index (χ0v) is 71.0. The molecule has 13 atom stereocenters. The molecule has 36 nitrogen and oxygen atoms in total. The number of carbonyl (C=O) groups is 15. The molecular formula is C86H119N19O17. The second-order valence-electron chi connectivity index (χ2n) is 32.9. The number of aliphatic hydroxyl groups excluding tert-OH is 1. The van der Waals surface area contributed by atoms with E-state index < -0.39 is 193 Å². The Morgan fingerprint density at radius 3 is 1.66 bits per heavy atom. The molecule has 0 unspecified atom stereocenters. The number of likely N-dealkylation sites (N-methyl/N-ethyl adjacent to an activating group) is 3. The van der Waals surface area contributed by atoms with Crippen LogP contribution in [0, 0.1) is 11.8 Å². The summed E-state index contributed by atoms with van der Waals surface area (Å²) < 4.78 is 0. The van der Waals surface area contributed by atoms with Crippen LogP contribution in [0.4, 0.5) is 0 Å². The predicted molar refractivity (Wildman–Crippen MR) is 450 cm³/mol. The van der Waals surface area contributed by atoms with E-state index in [0.29, 0.717) is 53.3 Å². The van der Waals surface area contributed by atoms with Crippen LogP contribution in [0.5, 0.6) is 5.75 Å². The van der Waals surface area contributed by atoms with E-state index in [4.69, 9.17) is 5.73 Å². The lowest BCUT2D eigenvalue weighted by Crippen LogP contribution is -2.60. The number of benzene rings is 3. The molecule has 0 spiro atoms. The van der Waals surface area contributed by atoms with E-state index in [2.05, 4.69) is 67.8 Å². The first kappa shape index (κ1) is 93.6. The Kier molecular flexibility index (Phi) is 33.6. The third-order valence-corrected chi connectivity index (χ3v) is 22.7. The maximum absolute atomic E-state index is 15.5. The minimum atomic E-state index is -1.72. The molecule has 0 aliphatic carbocycles. The van der Waals surface area contributed by atoms with Crippen LogP contribution in [-0.2, 0) is 97.6 Å². The van der Waals surface area contributed by atoms with Crippen LogP contribution in [0.3, 0.4) is 0 Å². The second-order valence-corrected chi connectivity index (χ2v) is 32.9. The molecule has 15 amide bonds. The smallest absolute Gasteiger partial charge is 0.246 e. The lowest BCUT2D eigenvalue weighted by Gasteiger charge is -2.36. The summed E-state index contributed by atoms with van der Waals surface area (Å²) in [6.45, 7) is 10.8. The summed E-state index contributed by atoms with van der Waals surface area (Å²) in [5.41, 5.74) is 9.06. The number of aliphatic hydroxyl groups is 1. The van der Waals surface area contributed by atoms with E-state index in [-0.39, 0.29) is 107 Å². The quantitative estimate of drug-likeness (QED) is 0.0510. The van der Waals surface area contributed by atoms with E-state index in [1.54, 1.807) is 44.4 Å². The molecule has 36 heteroatoms. The highest BCUT2D eigenvalue weighted by atomic mass is 16.3. The van der Waals surface area contributed by atoms with Crippen LogP contribution in [0.1, 0.15) is 154 Å². The molecule has 6 heterocycles. The van der Waals surface area contributed by atoms with Gasteiger partial charge in [0.15, 0.2) is 0 Å². The largest absolute Gasteiger partial charge is 0.508 e. The van der Waals surface area contributed by atoms with Gasteiger partial charge in [-0.1, -0.05) is 116 Å². The third kappa shape index (κ3) is 25.0. The van der Waals surface area contributed by atoms with E-state index in [9.17, 15) is 63.0 Å². The van der Waals surface area contributed by atoms with Gasteiger partial charge in [0.2, 0.25) is 88.6 Å². The average Bonchev–Trinajstić information content (AvgIpc) is 1.51.